The number of hydrogen-bond donors (Lipinski definition) is 4. The number of aromatic amines is 2. The van der Waals surface area contributed by atoms with Crippen molar-refractivity contribution < 1.29 is 19.4 Å². The molecule has 6 aromatic rings. The summed E-state index contributed by atoms with van der Waals surface area (Å²) in [7, 11) is 0. The predicted molar refractivity (Wildman–Crippen MR) is 195 cm³/mol. The van der Waals surface area contributed by atoms with E-state index >= 15 is 0 Å². The van der Waals surface area contributed by atoms with Gasteiger partial charge in [-0.25, -0.2) is 19.6 Å². The van der Waals surface area contributed by atoms with Crippen molar-refractivity contribution in [2.45, 2.75) is 82.9 Å². The van der Waals surface area contributed by atoms with E-state index < -0.39 is 23.3 Å². The van der Waals surface area contributed by atoms with Gasteiger partial charge in [-0.2, -0.15) is 0 Å². The van der Waals surface area contributed by atoms with E-state index in [1.54, 1.807) is 0 Å². The molecule has 0 spiro atoms. The van der Waals surface area contributed by atoms with Crippen LogP contribution in [0, 0.1) is 0 Å². The van der Waals surface area contributed by atoms with Gasteiger partial charge in [0.2, 0.25) is 0 Å². The molecule has 0 bridgehead atoms. The van der Waals surface area contributed by atoms with E-state index in [2.05, 4.69) is 82.0 Å². The average Bonchev–Trinajstić information content (AvgIpc) is 3.86. The van der Waals surface area contributed by atoms with Crippen LogP contribution in [0.1, 0.15) is 83.4 Å². The van der Waals surface area contributed by atoms with Crippen molar-refractivity contribution in [3.63, 3.8) is 0 Å². The number of H-pyrrole nitrogens is 2. The van der Waals surface area contributed by atoms with Gasteiger partial charge in [0, 0.05) is 11.9 Å². The molecule has 2 aliphatic rings. The molecule has 1 aliphatic carbocycles. The first-order valence-electron chi connectivity index (χ1n) is 17.6. The van der Waals surface area contributed by atoms with Gasteiger partial charge in [-0.1, -0.05) is 67.8 Å². The van der Waals surface area contributed by atoms with Gasteiger partial charge >= 0.3 is 12.2 Å². The number of amides is 2. The molecule has 10 heteroatoms. The maximum absolute atomic E-state index is 12.9. The lowest BCUT2D eigenvalue weighted by Crippen LogP contribution is -2.49. The Hall–Kier alpha value is -5.38. The summed E-state index contributed by atoms with van der Waals surface area (Å²) in [4.78, 5) is 42.8. The van der Waals surface area contributed by atoms with Gasteiger partial charge in [-0.15, -0.1) is 0 Å². The van der Waals surface area contributed by atoms with E-state index in [0.29, 0.717) is 12.4 Å². The smallest absolute Gasteiger partial charge is 0.408 e. The zero-order chi connectivity index (χ0) is 34.6. The Kier molecular flexibility index (Phi) is 7.77. The number of carbonyl (C=O) groups excluding carboxylic acids is 1. The van der Waals surface area contributed by atoms with Crippen molar-refractivity contribution in [3.05, 3.63) is 84.4 Å². The molecular weight excluding hydrogens is 628 g/mol. The number of nitrogens with zero attached hydrogens (tertiary/aromatic N) is 3. The molecule has 4 aromatic carbocycles. The summed E-state index contributed by atoms with van der Waals surface area (Å²) >= 11 is 0. The summed E-state index contributed by atoms with van der Waals surface area (Å²) in [5.74, 6) is 1.49. The molecule has 2 aromatic heterocycles. The lowest BCUT2D eigenvalue weighted by molar-refractivity contribution is 0.0412. The van der Waals surface area contributed by atoms with Crippen LogP contribution in [0.25, 0.3) is 55.1 Å². The van der Waals surface area contributed by atoms with Crippen LogP contribution in [0.5, 0.6) is 0 Å². The van der Waals surface area contributed by atoms with Gasteiger partial charge in [-0.05, 0) is 98.4 Å². The Morgan fingerprint density at radius 2 is 1.52 bits per heavy atom. The Morgan fingerprint density at radius 3 is 2.24 bits per heavy atom. The van der Waals surface area contributed by atoms with Crippen LogP contribution in [0.15, 0.2) is 72.8 Å². The fourth-order valence-electron chi connectivity index (χ4n) is 7.79. The molecule has 0 radical (unpaired) electrons. The monoisotopic (exact) mass is 670 g/mol. The Morgan fingerprint density at radius 1 is 0.840 bits per heavy atom. The van der Waals surface area contributed by atoms with E-state index in [0.717, 1.165) is 106 Å². The summed E-state index contributed by atoms with van der Waals surface area (Å²) < 4.78 is 5.65. The number of carboxylic acid groups (broad SMARTS) is 1. The quantitative estimate of drug-likeness (QED) is 0.144. The second kappa shape index (κ2) is 12.2. The molecule has 1 aliphatic heterocycles. The first-order valence-corrected chi connectivity index (χ1v) is 17.6. The lowest BCUT2D eigenvalue weighted by Gasteiger charge is -2.36. The highest BCUT2D eigenvalue weighted by Gasteiger charge is 2.39. The van der Waals surface area contributed by atoms with E-state index in [1.165, 1.54) is 4.90 Å². The Bertz CT molecular complexity index is 2240. The topological polar surface area (TPSA) is 136 Å². The summed E-state index contributed by atoms with van der Waals surface area (Å²) in [5, 5.41) is 15.0. The minimum absolute atomic E-state index is 0.231. The minimum atomic E-state index is -0.902. The maximum Gasteiger partial charge on any atom is 0.408 e. The second-order valence-corrected chi connectivity index (χ2v) is 14.8. The first kappa shape index (κ1) is 31.9. The van der Waals surface area contributed by atoms with E-state index in [4.69, 9.17) is 14.7 Å². The molecule has 1 saturated heterocycles. The largest absolute Gasteiger partial charge is 0.465 e. The fraction of sp³-hybridized carbons (Fsp3) is 0.350. The number of ether oxygens (including phenoxy) is 1. The molecule has 2 amide bonds. The Balaban J connectivity index is 1.05. The number of alkyl carbamates (subject to hydrolysis) is 1. The molecule has 8 rings (SSSR count). The standard InChI is InChI=1S/C40H42N6O4/c1-39(2,3)50-37(47)45-40(19-5-4-6-20-40)36-43-31-18-15-28-22-26(13-16-29(28)34(31)44-36)24-9-11-25(12-10-24)27-14-17-30-32(23-27)42-35(41-30)33-8-7-21-46(33)38(48)49/h9-18,22-23,33H,4-8,19-21H2,1-3H3,(H,41,42)(H,43,44)(H,45,47)(H,48,49). The molecule has 2 fully saturated rings. The third-order valence-corrected chi connectivity index (χ3v) is 10.2. The van der Waals surface area contributed by atoms with E-state index in [1.807, 2.05) is 26.8 Å². The minimum Gasteiger partial charge on any atom is -0.465 e. The number of nitrogens with one attached hydrogen (secondary N) is 3. The third kappa shape index (κ3) is 5.93. The van der Waals surface area contributed by atoms with Gasteiger partial charge in [-0.3, -0.25) is 4.90 Å². The summed E-state index contributed by atoms with van der Waals surface area (Å²) in [6.45, 7) is 6.17. The molecule has 10 nitrogen and oxygen atoms in total. The number of imidazole rings is 2. The van der Waals surface area contributed by atoms with E-state index in [-0.39, 0.29) is 6.04 Å². The Labute approximate surface area is 290 Å². The van der Waals surface area contributed by atoms with Gasteiger partial charge in [0.1, 0.15) is 22.8 Å². The van der Waals surface area contributed by atoms with Crippen molar-refractivity contribution >= 4 is 45.0 Å². The van der Waals surface area contributed by atoms with Crippen LogP contribution in [-0.4, -0.2) is 54.3 Å². The van der Waals surface area contributed by atoms with Crippen LogP contribution >= 0.6 is 0 Å². The number of benzene rings is 4. The molecule has 50 heavy (non-hydrogen) atoms. The number of fused-ring (bicyclic) bond motifs is 4. The number of likely N-dealkylation sites (tertiary alicyclic amines) is 1. The fourth-order valence-corrected chi connectivity index (χ4v) is 7.79. The van der Waals surface area contributed by atoms with Crippen LogP contribution in [0.4, 0.5) is 9.59 Å². The van der Waals surface area contributed by atoms with Gasteiger partial charge in [0.25, 0.3) is 0 Å². The highest BCUT2D eigenvalue weighted by atomic mass is 16.6. The number of rotatable bonds is 5. The van der Waals surface area contributed by atoms with Crippen LogP contribution < -0.4 is 5.32 Å². The summed E-state index contributed by atoms with van der Waals surface area (Å²) in [5.41, 5.74) is 6.80. The second-order valence-electron chi connectivity index (χ2n) is 14.8. The summed E-state index contributed by atoms with van der Waals surface area (Å²) in [6.07, 6.45) is 5.10. The molecular formula is C40H42N6O4. The average molecular weight is 671 g/mol. The zero-order valence-corrected chi connectivity index (χ0v) is 28.7. The summed E-state index contributed by atoms with van der Waals surface area (Å²) in [6, 6.07) is 25.1. The molecule has 1 saturated carbocycles. The van der Waals surface area contributed by atoms with Gasteiger partial charge in [0.05, 0.1) is 28.1 Å². The van der Waals surface area contributed by atoms with Crippen molar-refractivity contribution in [3.8, 4) is 22.3 Å². The molecule has 4 N–H and O–H groups in total. The predicted octanol–water partition coefficient (Wildman–Crippen LogP) is 9.43. The zero-order valence-electron chi connectivity index (χ0n) is 28.7. The normalized spacial score (nSPS) is 17.8. The first-order chi connectivity index (χ1) is 24.0. The van der Waals surface area contributed by atoms with Gasteiger partial charge in [0.15, 0.2) is 0 Å². The number of hydrogen-bond acceptors (Lipinski definition) is 5. The van der Waals surface area contributed by atoms with Crippen LogP contribution in [0.3, 0.4) is 0 Å². The van der Waals surface area contributed by atoms with E-state index in [9.17, 15) is 14.7 Å². The lowest BCUT2D eigenvalue weighted by atomic mass is 9.81. The van der Waals surface area contributed by atoms with Crippen molar-refractivity contribution in [2.75, 3.05) is 6.54 Å². The van der Waals surface area contributed by atoms with Crippen LogP contribution in [0.2, 0.25) is 0 Å². The van der Waals surface area contributed by atoms with Crippen molar-refractivity contribution in [2.24, 2.45) is 0 Å². The molecule has 256 valence electrons. The van der Waals surface area contributed by atoms with Gasteiger partial charge < -0.3 is 25.1 Å². The number of aromatic nitrogens is 4. The van der Waals surface area contributed by atoms with Crippen LogP contribution in [-0.2, 0) is 10.3 Å². The third-order valence-electron chi connectivity index (χ3n) is 10.2. The SMILES string of the molecule is CC(C)(C)OC(=O)NC1(c2nc3ccc4cc(-c5ccc(-c6ccc7nc(C8CCCN8C(=O)O)[nH]c7c6)cc5)ccc4c3[nH]2)CCCCC1. The van der Waals surface area contributed by atoms with Crippen molar-refractivity contribution in [1.29, 1.82) is 0 Å². The van der Waals surface area contributed by atoms with Crippen molar-refractivity contribution in [1.82, 2.24) is 30.2 Å². The number of carbonyl (C=O) groups is 2. The maximum atomic E-state index is 12.9. The highest BCUT2D eigenvalue weighted by molar-refractivity contribution is 6.05. The molecule has 1 atom stereocenters. The highest BCUT2D eigenvalue weighted by Crippen LogP contribution is 2.39. The molecule has 3 heterocycles. The molecule has 1 unspecified atom stereocenters.